The summed E-state index contributed by atoms with van der Waals surface area (Å²) in [5.74, 6) is 0.914. The number of carbonyl (C=O) groups excluding carboxylic acids is 2. The zero-order valence-electron chi connectivity index (χ0n) is 17.6. The summed E-state index contributed by atoms with van der Waals surface area (Å²) in [7, 11) is 0. The van der Waals surface area contributed by atoms with Crippen molar-refractivity contribution in [3.63, 3.8) is 0 Å². The molecular weight excluding hydrogens is 420 g/mol. The SMILES string of the molecule is CC(C)CC(C(=O)Nc1ccn(CCCO)n1)N1CC(Oc2ccccc2Cl)=CC1=O. The van der Waals surface area contributed by atoms with Gasteiger partial charge < -0.3 is 20.1 Å². The molecule has 2 amide bonds. The van der Waals surface area contributed by atoms with E-state index >= 15 is 0 Å². The minimum absolute atomic E-state index is 0.0701. The number of aliphatic hydroxyl groups excluding tert-OH is 1. The van der Waals surface area contributed by atoms with Crippen molar-refractivity contribution in [1.29, 1.82) is 0 Å². The fourth-order valence-electron chi connectivity index (χ4n) is 3.32. The number of aryl methyl sites for hydroxylation is 1. The van der Waals surface area contributed by atoms with E-state index in [4.69, 9.17) is 21.4 Å². The summed E-state index contributed by atoms with van der Waals surface area (Å²) in [6, 6.07) is 8.05. The molecule has 2 heterocycles. The monoisotopic (exact) mass is 446 g/mol. The van der Waals surface area contributed by atoms with Crippen LogP contribution in [0.3, 0.4) is 0 Å². The van der Waals surface area contributed by atoms with Gasteiger partial charge in [-0.1, -0.05) is 37.6 Å². The van der Waals surface area contributed by atoms with Crippen LogP contribution in [-0.2, 0) is 16.1 Å². The lowest BCUT2D eigenvalue weighted by atomic mass is 10.0. The molecule has 0 bridgehead atoms. The number of benzene rings is 1. The standard InChI is InChI=1S/C22H27ClN4O4/c1-15(2)12-18(22(30)24-20-8-10-26(25-20)9-5-11-28)27-14-16(13-21(27)29)31-19-7-4-3-6-17(19)23/h3-4,6-8,10,13,15,18,28H,5,9,11-12,14H2,1-2H3,(H,24,25,30). The molecule has 1 unspecified atom stereocenters. The van der Waals surface area contributed by atoms with E-state index in [-0.39, 0.29) is 30.9 Å². The Kier molecular flexibility index (Phi) is 7.70. The molecule has 31 heavy (non-hydrogen) atoms. The fourth-order valence-corrected chi connectivity index (χ4v) is 3.50. The number of nitrogens with zero attached hydrogens (tertiary/aromatic N) is 3. The van der Waals surface area contributed by atoms with Crippen molar-refractivity contribution in [2.45, 2.75) is 39.3 Å². The van der Waals surface area contributed by atoms with Gasteiger partial charge in [0.15, 0.2) is 5.82 Å². The van der Waals surface area contributed by atoms with Crippen LogP contribution in [0.25, 0.3) is 0 Å². The van der Waals surface area contributed by atoms with Crippen LogP contribution < -0.4 is 10.1 Å². The number of carbonyl (C=O) groups is 2. The van der Waals surface area contributed by atoms with E-state index in [1.165, 1.54) is 11.0 Å². The summed E-state index contributed by atoms with van der Waals surface area (Å²) >= 11 is 6.14. The van der Waals surface area contributed by atoms with Crippen LogP contribution in [0.4, 0.5) is 5.82 Å². The molecule has 0 saturated heterocycles. The molecule has 0 spiro atoms. The third kappa shape index (κ3) is 6.08. The van der Waals surface area contributed by atoms with Gasteiger partial charge in [0, 0.05) is 31.5 Å². The van der Waals surface area contributed by atoms with Crippen molar-refractivity contribution < 1.29 is 19.4 Å². The Balaban J connectivity index is 1.69. The highest BCUT2D eigenvalue weighted by atomic mass is 35.5. The molecule has 3 rings (SSSR count). The van der Waals surface area contributed by atoms with Gasteiger partial charge in [-0.25, -0.2) is 0 Å². The van der Waals surface area contributed by atoms with E-state index in [9.17, 15) is 9.59 Å². The van der Waals surface area contributed by atoms with Gasteiger partial charge >= 0.3 is 0 Å². The third-order valence-corrected chi connectivity index (χ3v) is 5.09. The van der Waals surface area contributed by atoms with Crippen molar-refractivity contribution in [1.82, 2.24) is 14.7 Å². The first kappa shape index (κ1) is 22.8. The predicted octanol–water partition coefficient (Wildman–Crippen LogP) is 3.08. The Hall–Kier alpha value is -2.84. The van der Waals surface area contributed by atoms with E-state index in [1.807, 2.05) is 13.8 Å². The van der Waals surface area contributed by atoms with E-state index < -0.39 is 6.04 Å². The lowest BCUT2D eigenvalue weighted by Gasteiger charge is -2.28. The van der Waals surface area contributed by atoms with Crippen LogP contribution in [0, 0.1) is 5.92 Å². The summed E-state index contributed by atoms with van der Waals surface area (Å²) in [6.45, 7) is 4.80. The van der Waals surface area contributed by atoms with Crippen LogP contribution in [0.5, 0.6) is 5.75 Å². The molecule has 8 nitrogen and oxygen atoms in total. The van der Waals surface area contributed by atoms with Crippen LogP contribution in [0.15, 0.2) is 48.4 Å². The largest absolute Gasteiger partial charge is 0.458 e. The molecule has 1 aliphatic rings. The molecule has 166 valence electrons. The zero-order valence-corrected chi connectivity index (χ0v) is 18.4. The summed E-state index contributed by atoms with van der Waals surface area (Å²) in [6.07, 6.45) is 4.21. The molecule has 1 aromatic heterocycles. The number of nitrogens with one attached hydrogen (secondary N) is 1. The Labute approximate surface area is 186 Å². The van der Waals surface area contributed by atoms with E-state index in [2.05, 4.69) is 10.4 Å². The topological polar surface area (TPSA) is 96.7 Å². The van der Waals surface area contributed by atoms with Gasteiger partial charge in [0.05, 0.1) is 11.6 Å². The minimum Gasteiger partial charge on any atom is -0.458 e. The highest BCUT2D eigenvalue weighted by molar-refractivity contribution is 6.32. The van der Waals surface area contributed by atoms with Crippen molar-refractivity contribution in [2.75, 3.05) is 18.5 Å². The first-order valence-corrected chi connectivity index (χ1v) is 10.6. The fraction of sp³-hybridized carbons (Fsp3) is 0.409. The maximum absolute atomic E-state index is 13.0. The van der Waals surface area contributed by atoms with Crippen molar-refractivity contribution >= 4 is 29.2 Å². The summed E-state index contributed by atoms with van der Waals surface area (Å²) in [4.78, 5) is 27.2. The molecular formula is C22H27ClN4O4. The minimum atomic E-state index is -0.668. The van der Waals surface area contributed by atoms with Crippen LogP contribution in [0.2, 0.25) is 5.02 Å². The Morgan fingerprint density at radius 2 is 2.10 bits per heavy atom. The van der Waals surface area contributed by atoms with Gasteiger partial charge in [-0.2, -0.15) is 5.10 Å². The number of aromatic nitrogens is 2. The van der Waals surface area contributed by atoms with E-state index in [0.29, 0.717) is 41.7 Å². The highest BCUT2D eigenvalue weighted by Crippen LogP contribution is 2.28. The average Bonchev–Trinajstić information content (AvgIpc) is 3.32. The molecule has 0 fully saturated rings. The normalized spacial score (nSPS) is 14.7. The molecule has 0 saturated carbocycles. The van der Waals surface area contributed by atoms with Gasteiger partial charge in [0.2, 0.25) is 5.91 Å². The third-order valence-electron chi connectivity index (χ3n) is 4.78. The molecule has 0 aliphatic carbocycles. The smallest absolute Gasteiger partial charge is 0.251 e. The second-order valence-corrected chi connectivity index (χ2v) is 8.19. The average molecular weight is 447 g/mol. The number of halogens is 1. The van der Waals surface area contributed by atoms with Crippen LogP contribution in [0.1, 0.15) is 26.7 Å². The molecule has 9 heteroatoms. The molecule has 1 atom stereocenters. The van der Waals surface area contributed by atoms with Crippen LogP contribution >= 0.6 is 11.6 Å². The summed E-state index contributed by atoms with van der Waals surface area (Å²) in [5.41, 5.74) is 0. The van der Waals surface area contributed by atoms with E-state index in [1.54, 1.807) is 41.2 Å². The zero-order chi connectivity index (χ0) is 22.4. The first-order chi connectivity index (χ1) is 14.9. The maximum Gasteiger partial charge on any atom is 0.251 e. The summed E-state index contributed by atoms with van der Waals surface area (Å²) in [5, 5.41) is 16.5. The quantitative estimate of drug-likeness (QED) is 0.584. The molecule has 1 aliphatic heterocycles. The number of amides is 2. The van der Waals surface area contributed by atoms with Gasteiger partial charge in [0.1, 0.15) is 17.6 Å². The molecule has 2 aromatic rings. The highest BCUT2D eigenvalue weighted by Gasteiger charge is 2.35. The second-order valence-electron chi connectivity index (χ2n) is 7.79. The molecule has 2 N–H and O–H groups in total. The number of hydrogen-bond acceptors (Lipinski definition) is 5. The number of aliphatic hydroxyl groups is 1. The Morgan fingerprint density at radius 3 is 2.81 bits per heavy atom. The second kappa shape index (κ2) is 10.5. The lowest BCUT2D eigenvalue weighted by Crippen LogP contribution is -2.46. The number of hydrogen-bond donors (Lipinski definition) is 2. The molecule has 1 aromatic carbocycles. The predicted molar refractivity (Wildman–Crippen MR) is 118 cm³/mol. The number of ether oxygens (including phenoxy) is 1. The van der Waals surface area contributed by atoms with Gasteiger partial charge in [-0.3, -0.25) is 14.3 Å². The van der Waals surface area contributed by atoms with Gasteiger partial charge in [0.25, 0.3) is 5.91 Å². The maximum atomic E-state index is 13.0. The van der Waals surface area contributed by atoms with Crippen LogP contribution in [-0.4, -0.2) is 50.8 Å². The van der Waals surface area contributed by atoms with Gasteiger partial charge in [-0.05, 0) is 30.9 Å². The summed E-state index contributed by atoms with van der Waals surface area (Å²) < 4.78 is 7.45. The number of rotatable bonds is 10. The van der Waals surface area contributed by atoms with Crippen molar-refractivity contribution in [3.05, 3.63) is 53.4 Å². The van der Waals surface area contributed by atoms with Gasteiger partial charge in [-0.15, -0.1) is 0 Å². The lowest BCUT2D eigenvalue weighted by molar-refractivity contribution is -0.133. The molecule has 0 radical (unpaired) electrons. The van der Waals surface area contributed by atoms with E-state index in [0.717, 1.165) is 0 Å². The number of para-hydroxylation sites is 1. The van der Waals surface area contributed by atoms with Crippen molar-refractivity contribution in [3.8, 4) is 5.75 Å². The Bertz CT molecular complexity index is 956. The number of anilines is 1. The van der Waals surface area contributed by atoms with Crippen molar-refractivity contribution in [2.24, 2.45) is 5.92 Å². The first-order valence-electron chi connectivity index (χ1n) is 10.3. The Morgan fingerprint density at radius 1 is 1.32 bits per heavy atom.